The predicted octanol–water partition coefficient (Wildman–Crippen LogP) is 1.50. The maximum Gasteiger partial charge on any atom is 0.363 e. The van der Waals surface area contributed by atoms with Crippen LogP contribution < -0.4 is 4.72 Å². The van der Waals surface area contributed by atoms with Gasteiger partial charge in [-0.3, -0.25) is 9.59 Å². The molecule has 0 atom stereocenters. The summed E-state index contributed by atoms with van der Waals surface area (Å²) in [5.74, 6) is -2.39. The minimum Gasteiger partial charge on any atom is -0.324 e. The first kappa shape index (κ1) is 17.4. The fourth-order valence-corrected chi connectivity index (χ4v) is 3.95. The lowest BCUT2D eigenvalue weighted by molar-refractivity contribution is -0.0584. The van der Waals surface area contributed by atoms with Crippen molar-refractivity contribution >= 4 is 27.8 Å². The van der Waals surface area contributed by atoms with Crippen molar-refractivity contribution in [3.8, 4) is 0 Å². The van der Waals surface area contributed by atoms with Gasteiger partial charge in [-0.05, 0) is 49.2 Å². The highest BCUT2D eigenvalue weighted by Gasteiger charge is 2.38. The van der Waals surface area contributed by atoms with E-state index in [1.807, 2.05) is 0 Å². The number of carbonyl (C=O) groups is 3. The van der Waals surface area contributed by atoms with Crippen LogP contribution in [0.1, 0.15) is 43.9 Å². The third-order valence-electron chi connectivity index (χ3n) is 4.23. The van der Waals surface area contributed by atoms with Gasteiger partial charge in [0, 0.05) is 6.04 Å². The second-order valence-corrected chi connectivity index (χ2v) is 7.96. The highest BCUT2D eigenvalue weighted by atomic mass is 32.2. The van der Waals surface area contributed by atoms with Crippen LogP contribution in [-0.4, -0.2) is 37.3 Å². The lowest BCUT2D eigenvalue weighted by Crippen LogP contribution is -2.32. The summed E-state index contributed by atoms with van der Waals surface area (Å²) in [4.78, 5) is 41.6. The largest absolute Gasteiger partial charge is 0.363 e. The van der Waals surface area contributed by atoms with Gasteiger partial charge >= 0.3 is 5.97 Å². The minimum absolute atomic E-state index is 0.0110. The Bertz CT molecular complexity index is 1020. The lowest BCUT2D eigenvalue weighted by Gasteiger charge is -2.13. The molecule has 2 aromatic rings. The van der Waals surface area contributed by atoms with Crippen LogP contribution >= 0.6 is 0 Å². The Hall–Kier alpha value is -3.04. The maximum absolute atomic E-state index is 12.3. The molecule has 1 N–H and O–H groups in total. The molecule has 0 radical (unpaired) electrons. The van der Waals surface area contributed by atoms with E-state index < -0.39 is 27.8 Å². The summed E-state index contributed by atoms with van der Waals surface area (Å²) in [6.45, 7) is 0. The monoisotopic (exact) mass is 386 g/mol. The molecular formula is C18H14N2O6S. The molecule has 1 heterocycles. The van der Waals surface area contributed by atoms with E-state index in [0.29, 0.717) is 5.06 Å². The van der Waals surface area contributed by atoms with E-state index in [-0.39, 0.29) is 27.6 Å². The zero-order valence-electron chi connectivity index (χ0n) is 13.9. The van der Waals surface area contributed by atoms with Crippen LogP contribution in [0.4, 0.5) is 0 Å². The third kappa shape index (κ3) is 3.22. The summed E-state index contributed by atoms with van der Waals surface area (Å²) < 4.78 is 26.8. The Kier molecular flexibility index (Phi) is 4.05. The number of amides is 2. The lowest BCUT2D eigenvalue weighted by atomic mass is 10.1. The Morgan fingerprint density at radius 1 is 0.963 bits per heavy atom. The van der Waals surface area contributed by atoms with Gasteiger partial charge in [-0.25, -0.2) is 17.9 Å². The Labute approximate surface area is 154 Å². The summed E-state index contributed by atoms with van der Waals surface area (Å²) in [5, 5.41) is 0.409. The fourth-order valence-electron chi connectivity index (χ4n) is 2.64. The van der Waals surface area contributed by atoms with Crippen molar-refractivity contribution in [2.45, 2.75) is 23.8 Å². The van der Waals surface area contributed by atoms with Crippen molar-refractivity contribution in [3.63, 3.8) is 0 Å². The van der Waals surface area contributed by atoms with Gasteiger partial charge < -0.3 is 4.84 Å². The van der Waals surface area contributed by atoms with Crippen molar-refractivity contribution in [2.75, 3.05) is 0 Å². The predicted molar refractivity (Wildman–Crippen MR) is 92.1 cm³/mol. The van der Waals surface area contributed by atoms with Crippen LogP contribution in [0.15, 0.2) is 53.4 Å². The maximum atomic E-state index is 12.3. The first-order valence-electron chi connectivity index (χ1n) is 8.19. The van der Waals surface area contributed by atoms with Crippen LogP contribution in [0.3, 0.4) is 0 Å². The molecule has 1 aliphatic heterocycles. The molecule has 1 fully saturated rings. The summed E-state index contributed by atoms with van der Waals surface area (Å²) in [6, 6.07) is 11.2. The van der Waals surface area contributed by atoms with Crippen molar-refractivity contribution in [1.82, 2.24) is 9.79 Å². The van der Waals surface area contributed by atoms with E-state index in [1.54, 1.807) is 12.1 Å². The number of nitrogens with one attached hydrogen (secondary N) is 1. The molecule has 1 saturated carbocycles. The van der Waals surface area contributed by atoms with Crippen LogP contribution in [0.2, 0.25) is 0 Å². The van der Waals surface area contributed by atoms with Crippen LogP contribution in [0.25, 0.3) is 0 Å². The summed E-state index contributed by atoms with van der Waals surface area (Å²) >= 11 is 0. The average Bonchev–Trinajstić information content (AvgIpc) is 3.44. The fraction of sp³-hybridized carbons (Fsp3) is 0.167. The molecule has 27 heavy (non-hydrogen) atoms. The van der Waals surface area contributed by atoms with E-state index in [1.165, 1.54) is 36.4 Å². The molecule has 1 aliphatic carbocycles. The highest BCUT2D eigenvalue weighted by Crippen LogP contribution is 2.24. The Morgan fingerprint density at radius 3 is 2.04 bits per heavy atom. The molecule has 2 aromatic carbocycles. The number of hydrogen-bond acceptors (Lipinski definition) is 6. The second kappa shape index (κ2) is 6.29. The van der Waals surface area contributed by atoms with E-state index in [4.69, 9.17) is 4.84 Å². The Balaban J connectivity index is 1.49. The van der Waals surface area contributed by atoms with Gasteiger partial charge in [0.05, 0.1) is 21.6 Å². The molecule has 2 aliphatic rings. The quantitative estimate of drug-likeness (QED) is 0.780. The van der Waals surface area contributed by atoms with Gasteiger partial charge in [0.15, 0.2) is 0 Å². The number of rotatable bonds is 5. The summed E-state index contributed by atoms with van der Waals surface area (Å²) in [6.07, 6.45) is 1.62. The molecule has 0 spiro atoms. The number of carbonyl (C=O) groups excluding carboxylic acids is 3. The van der Waals surface area contributed by atoms with E-state index in [2.05, 4.69) is 4.72 Å². The number of imide groups is 1. The van der Waals surface area contributed by atoms with Crippen molar-refractivity contribution in [3.05, 3.63) is 65.2 Å². The zero-order valence-corrected chi connectivity index (χ0v) is 14.7. The number of fused-ring (bicyclic) bond motifs is 1. The van der Waals surface area contributed by atoms with Crippen molar-refractivity contribution in [2.24, 2.45) is 0 Å². The normalized spacial score (nSPS) is 16.4. The molecule has 0 saturated heterocycles. The second-order valence-electron chi connectivity index (χ2n) is 6.25. The van der Waals surface area contributed by atoms with Crippen LogP contribution in [0, 0.1) is 0 Å². The van der Waals surface area contributed by atoms with Crippen LogP contribution in [0.5, 0.6) is 0 Å². The molecule has 138 valence electrons. The first-order chi connectivity index (χ1) is 12.9. The molecule has 0 aromatic heterocycles. The minimum atomic E-state index is -3.64. The van der Waals surface area contributed by atoms with Gasteiger partial charge in [0.2, 0.25) is 10.0 Å². The zero-order chi connectivity index (χ0) is 19.2. The highest BCUT2D eigenvalue weighted by molar-refractivity contribution is 7.89. The molecule has 9 heteroatoms. The smallest absolute Gasteiger partial charge is 0.324 e. The van der Waals surface area contributed by atoms with Crippen molar-refractivity contribution < 1.29 is 27.6 Å². The van der Waals surface area contributed by atoms with Crippen LogP contribution in [-0.2, 0) is 14.9 Å². The first-order valence-corrected chi connectivity index (χ1v) is 9.67. The molecule has 0 unspecified atom stereocenters. The van der Waals surface area contributed by atoms with E-state index in [9.17, 15) is 22.8 Å². The van der Waals surface area contributed by atoms with Gasteiger partial charge in [-0.2, -0.15) is 0 Å². The number of hydroxylamine groups is 2. The number of hydrogen-bond donors (Lipinski definition) is 1. The third-order valence-corrected chi connectivity index (χ3v) is 5.77. The van der Waals surface area contributed by atoms with Crippen molar-refractivity contribution in [1.29, 1.82) is 0 Å². The number of sulfonamides is 1. The van der Waals surface area contributed by atoms with Gasteiger partial charge in [-0.1, -0.05) is 17.2 Å². The Morgan fingerprint density at radius 2 is 1.52 bits per heavy atom. The van der Waals surface area contributed by atoms with Gasteiger partial charge in [0.25, 0.3) is 11.8 Å². The number of benzene rings is 2. The molecule has 4 rings (SSSR count). The average molecular weight is 386 g/mol. The molecule has 2 amide bonds. The van der Waals surface area contributed by atoms with Gasteiger partial charge in [-0.15, -0.1) is 0 Å². The summed E-state index contributed by atoms with van der Waals surface area (Å²) in [5.41, 5.74) is 0.322. The van der Waals surface area contributed by atoms with Gasteiger partial charge in [0.1, 0.15) is 0 Å². The topological polar surface area (TPSA) is 110 Å². The standard InChI is InChI=1S/C18H14N2O6S/c21-16-14-3-1-2-4-15(14)17(22)20(16)26-18(23)11-5-9-13(10-6-11)27(24,25)19-12-7-8-12/h1-6,9-10,12,19H,7-8H2. The van der Waals surface area contributed by atoms with E-state index >= 15 is 0 Å². The molecular weight excluding hydrogens is 372 g/mol. The summed E-state index contributed by atoms with van der Waals surface area (Å²) in [7, 11) is -3.64. The SMILES string of the molecule is O=C(ON1C(=O)c2ccccc2C1=O)c1ccc(S(=O)(=O)NC2CC2)cc1. The molecule has 8 nitrogen and oxygen atoms in total. The molecule has 0 bridgehead atoms. The van der Waals surface area contributed by atoms with E-state index in [0.717, 1.165) is 12.8 Å². The number of nitrogens with zero attached hydrogens (tertiary/aromatic N) is 1.